The van der Waals surface area contributed by atoms with Crippen molar-refractivity contribution in [1.29, 1.82) is 0 Å². The summed E-state index contributed by atoms with van der Waals surface area (Å²) in [4.78, 5) is 2.37. The van der Waals surface area contributed by atoms with Crippen LogP contribution < -0.4 is 10.2 Å². The Morgan fingerprint density at radius 2 is 2.19 bits per heavy atom. The molecule has 2 aliphatic heterocycles. The van der Waals surface area contributed by atoms with Gasteiger partial charge in [-0.2, -0.15) is 0 Å². The standard InChI is InChI=1S/C13H18N2O/c16-13-5-7-14-9-12(13)15-8-6-10-3-1-2-4-11(10)15/h1-4,12-14,16H,5-9H2/t12-,13-/m0/s1. The monoisotopic (exact) mass is 218 g/mol. The van der Waals surface area contributed by atoms with Crippen molar-refractivity contribution < 1.29 is 5.11 Å². The lowest BCUT2D eigenvalue weighted by Gasteiger charge is -2.37. The molecule has 2 N–H and O–H groups in total. The largest absolute Gasteiger partial charge is 0.391 e. The Labute approximate surface area is 96.1 Å². The van der Waals surface area contributed by atoms with Crippen LogP contribution in [-0.4, -0.2) is 36.9 Å². The lowest BCUT2D eigenvalue weighted by atomic mass is 10.0. The molecule has 0 radical (unpaired) electrons. The minimum absolute atomic E-state index is 0.188. The van der Waals surface area contributed by atoms with Crippen LogP contribution in [0.1, 0.15) is 12.0 Å². The molecule has 0 unspecified atom stereocenters. The topological polar surface area (TPSA) is 35.5 Å². The second-order valence-corrected chi connectivity index (χ2v) is 4.70. The predicted molar refractivity (Wildman–Crippen MR) is 64.8 cm³/mol. The number of aliphatic hydroxyl groups is 1. The molecule has 86 valence electrons. The van der Waals surface area contributed by atoms with Crippen LogP contribution in [0.25, 0.3) is 0 Å². The highest BCUT2D eigenvalue weighted by atomic mass is 16.3. The molecule has 0 amide bonds. The number of anilines is 1. The average molecular weight is 218 g/mol. The third-order valence-corrected chi connectivity index (χ3v) is 3.74. The van der Waals surface area contributed by atoms with E-state index in [1.807, 2.05) is 0 Å². The van der Waals surface area contributed by atoms with E-state index in [1.165, 1.54) is 11.3 Å². The third kappa shape index (κ3) is 1.60. The highest BCUT2D eigenvalue weighted by Gasteiger charge is 2.32. The number of fused-ring (bicyclic) bond motifs is 1. The van der Waals surface area contributed by atoms with Gasteiger partial charge in [0, 0.05) is 18.8 Å². The summed E-state index contributed by atoms with van der Waals surface area (Å²) in [5.41, 5.74) is 2.73. The summed E-state index contributed by atoms with van der Waals surface area (Å²) in [5, 5.41) is 13.4. The molecule has 16 heavy (non-hydrogen) atoms. The Balaban J connectivity index is 1.86. The normalized spacial score (nSPS) is 29.2. The van der Waals surface area contributed by atoms with Crippen LogP contribution in [0.3, 0.4) is 0 Å². The lowest BCUT2D eigenvalue weighted by molar-refractivity contribution is 0.113. The number of para-hydroxylation sites is 1. The predicted octanol–water partition coefficient (Wildman–Crippen LogP) is 0.772. The molecule has 3 heteroatoms. The van der Waals surface area contributed by atoms with Gasteiger partial charge in [0.05, 0.1) is 12.1 Å². The molecule has 2 heterocycles. The molecule has 1 saturated heterocycles. The lowest BCUT2D eigenvalue weighted by Crippen LogP contribution is -2.53. The number of nitrogens with one attached hydrogen (secondary N) is 1. The molecule has 0 spiro atoms. The second kappa shape index (κ2) is 4.07. The Morgan fingerprint density at radius 1 is 1.31 bits per heavy atom. The van der Waals surface area contributed by atoms with Gasteiger partial charge in [-0.25, -0.2) is 0 Å². The van der Waals surface area contributed by atoms with E-state index in [0.717, 1.165) is 32.5 Å². The van der Waals surface area contributed by atoms with E-state index in [9.17, 15) is 5.11 Å². The molecule has 3 nitrogen and oxygen atoms in total. The number of nitrogens with zero attached hydrogens (tertiary/aromatic N) is 1. The van der Waals surface area contributed by atoms with Gasteiger partial charge in [0.1, 0.15) is 0 Å². The van der Waals surface area contributed by atoms with Crippen LogP contribution >= 0.6 is 0 Å². The van der Waals surface area contributed by atoms with Gasteiger partial charge in [0.15, 0.2) is 0 Å². The summed E-state index contributed by atoms with van der Waals surface area (Å²) in [7, 11) is 0. The molecule has 0 aliphatic carbocycles. The molecule has 1 fully saturated rings. The molecule has 2 atom stereocenters. The van der Waals surface area contributed by atoms with E-state index in [2.05, 4.69) is 34.5 Å². The molecular weight excluding hydrogens is 200 g/mol. The Morgan fingerprint density at radius 3 is 3.06 bits per heavy atom. The minimum atomic E-state index is -0.188. The van der Waals surface area contributed by atoms with E-state index in [0.29, 0.717) is 0 Å². The van der Waals surface area contributed by atoms with Crippen molar-refractivity contribution in [2.45, 2.75) is 25.0 Å². The zero-order valence-corrected chi connectivity index (χ0v) is 9.39. The van der Waals surface area contributed by atoms with Gasteiger partial charge in [-0.05, 0) is 31.0 Å². The maximum Gasteiger partial charge on any atom is 0.0767 e. The van der Waals surface area contributed by atoms with E-state index >= 15 is 0 Å². The smallest absolute Gasteiger partial charge is 0.0767 e. The molecule has 3 rings (SSSR count). The van der Waals surface area contributed by atoms with Crippen molar-refractivity contribution >= 4 is 5.69 Å². The highest BCUT2D eigenvalue weighted by Crippen LogP contribution is 2.30. The fourth-order valence-electron chi connectivity index (χ4n) is 2.85. The average Bonchev–Trinajstić information content (AvgIpc) is 2.74. The van der Waals surface area contributed by atoms with E-state index in [-0.39, 0.29) is 12.1 Å². The minimum Gasteiger partial charge on any atom is -0.391 e. The Kier molecular flexibility index (Phi) is 2.58. The molecule has 1 aromatic rings. The molecule has 2 aliphatic rings. The zero-order chi connectivity index (χ0) is 11.0. The number of hydrogen-bond acceptors (Lipinski definition) is 3. The maximum absolute atomic E-state index is 10.1. The summed E-state index contributed by atoms with van der Waals surface area (Å²) >= 11 is 0. The third-order valence-electron chi connectivity index (χ3n) is 3.74. The number of benzene rings is 1. The summed E-state index contributed by atoms with van der Waals surface area (Å²) in [6.07, 6.45) is 1.79. The number of hydrogen-bond donors (Lipinski definition) is 2. The fourth-order valence-corrected chi connectivity index (χ4v) is 2.85. The van der Waals surface area contributed by atoms with Gasteiger partial charge in [0.25, 0.3) is 0 Å². The van der Waals surface area contributed by atoms with Crippen LogP contribution in [0.15, 0.2) is 24.3 Å². The van der Waals surface area contributed by atoms with Crippen LogP contribution in [0.4, 0.5) is 5.69 Å². The second-order valence-electron chi connectivity index (χ2n) is 4.70. The molecule has 0 saturated carbocycles. The summed E-state index contributed by atoms with van der Waals surface area (Å²) in [5.74, 6) is 0. The van der Waals surface area contributed by atoms with Crippen LogP contribution in [0.5, 0.6) is 0 Å². The first-order chi connectivity index (χ1) is 7.86. The van der Waals surface area contributed by atoms with Crippen molar-refractivity contribution in [1.82, 2.24) is 5.32 Å². The first kappa shape index (κ1) is 10.1. The van der Waals surface area contributed by atoms with Crippen LogP contribution in [0, 0.1) is 0 Å². The fraction of sp³-hybridized carbons (Fsp3) is 0.538. The van der Waals surface area contributed by atoms with Crippen LogP contribution in [-0.2, 0) is 6.42 Å². The molecular formula is C13H18N2O. The van der Waals surface area contributed by atoms with Gasteiger partial charge < -0.3 is 15.3 Å². The van der Waals surface area contributed by atoms with Crippen LogP contribution in [0.2, 0.25) is 0 Å². The van der Waals surface area contributed by atoms with E-state index in [1.54, 1.807) is 0 Å². The van der Waals surface area contributed by atoms with Gasteiger partial charge in [-0.15, -0.1) is 0 Å². The van der Waals surface area contributed by atoms with Crippen molar-refractivity contribution in [3.05, 3.63) is 29.8 Å². The van der Waals surface area contributed by atoms with Gasteiger partial charge in [-0.3, -0.25) is 0 Å². The van der Waals surface area contributed by atoms with Crippen molar-refractivity contribution in [3.63, 3.8) is 0 Å². The van der Waals surface area contributed by atoms with Gasteiger partial charge >= 0.3 is 0 Å². The highest BCUT2D eigenvalue weighted by molar-refractivity contribution is 5.58. The van der Waals surface area contributed by atoms with Crippen molar-refractivity contribution in [2.75, 3.05) is 24.5 Å². The Bertz CT molecular complexity index is 380. The summed E-state index contributed by atoms with van der Waals surface area (Å²) in [6.45, 7) is 2.88. The number of rotatable bonds is 1. The van der Waals surface area contributed by atoms with Crippen molar-refractivity contribution in [2.24, 2.45) is 0 Å². The number of aliphatic hydroxyl groups excluding tert-OH is 1. The summed E-state index contributed by atoms with van der Waals surface area (Å²) < 4.78 is 0. The number of piperidine rings is 1. The molecule has 0 bridgehead atoms. The first-order valence-electron chi connectivity index (χ1n) is 6.09. The zero-order valence-electron chi connectivity index (χ0n) is 9.39. The first-order valence-corrected chi connectivity index (χ1v) is 6.09. The quantitative estimate of drug-likeness (QED) is 0.731. The van der Waals surface area contributed by atoms with E-state index < -0.39 is 0 Å². The van der Waals surface area contributed by atoms with Crippen molar-refractivity contribution in [3.8, 4) is 0 Å². The summed E-state index contributed by atoms with van der Waals surface area (Å²) in [6, 6.07) is 8.79. The molecule has 1 aromatic carbocycles. The van der Waals surface area contributed by atoms with Gasteiger partial charge in [-0.1, -0.05) is 18.2 Å². The Hall–Kier alpha value is -1.06. The van der Waals surface area contributed by atoms with E-state index in [4.69, 9.17) is 0 Å². The SMILES string of the molecule is O[C@H]1CCNC[C@@H]1N1CCc2ccccc21. The maximum atomic E-state index is 10.1. The van der Waals surface area contributed by atoms with Gasteiger partial charge in [0.2, 0.25) is 0 Å². The molecule has 0 aromatic heterocycles.